The summed E-state index contributed by atoms with van der Waals surface area (Å²) in [4.78, 5) is 13.9. The van der Waals surface area contributed by atoms with Gasteiger partial charge in [0.15, 0.2) is 0 Å². The number of carbonyl (C=O) groups excluding carboxylic acids is 1. The van der Waals surface area contributed by atoms with Gasteiger partial charge in [0.25, 0.3) is 0 Å². The van der Waals surface area contributed by atoms with Gasteiger partial charge < -0.3 is 20.6 Å². The lowest BCUT2D eigenvalue weighted by Crippen LogP contribution is -2.39. The number of rotatable bonds is 8. The van der Waals surface area contributed by atoms with E-state index in [0.717, 1.165) is 18.7 Å². The number of urea groups is 1. The second-order valence-corrected chi connectivity index (χ2v) is 6.25. The number of halogens is 1. The Morgan fingerprint density at radius 2 is 1.80 bits per heavy atom. The van der Waals surface area contributed by atoms with E-state index >= 15 is 0 Å². The molecule has 25 heavy (non-hydrogen) atoms. The number of aliphatic hydroxyl groups excluding tert-OH is 1. The second kappa shape index (κ2) is 9.91. The first kappa shape index (κ1) is 19.1. The van der Waals surface area contributed by atoms with Gasteiger partial charge in [-0.15, -0.1) is 0 Å². The highest BCUT2D eigenvalue weighted by molar-refractivity contribution is 6.30. The molecule has 0 aliphatic rings. The molecule has 0 aliphatic heterocycles. The van der Waals surface area contributed by atoms with Gasteiger partial charge in [-0.3, -0.25) is 0 Å². The van der Waals surface area contributed by atoms with E-state index in [1.54, 1.807) is 24.3 Å². The number of nitrogens with one attached hydrogen (secondary N) is 2. The third-order valence-corrected chi connectivity index (χ3v) is 4.12. The van der Waals surface area contributed by atoms with Crippen LogP contribution in [-0.2, 0) is 0 Å². The minimum atomic E-state index is -0.757. The molecule has 2 aromatic carbocycles. The zero-order chi connectivity index (χ0) is 18.1. The molecular formula is C19H24ClN3O2. The van der Waals surface area contributed by atoms with Crippen molar-refractivity contribution in [2.45, 2.75) is 12.5 Å². The van der Waals surface area contributed by atoms with Crippen LogP contribution in [0.5, 0.6) is 0 Å². The normalized spacial score (nSPS) is 11.6. The van der Waals surface area contributed by atoms with Crippen molar-refractivity contribution in [1.82, 2.24) is 10.6 Å². The number of anilines is 1. The first-order valence-electron chi connectivity index (χ1n) is 8.27. The van der Waals surface area contributed by atoms with Crippen molar-refractivity contribution in [2.24, 2.45) is 0 Å². The quantitative estimate of drug-likeness (QED) is 0.633. The Hall–Kier alpha value is -2.24. The molecule has 0 aromatic heterocycles. The highest BCUT2D eigenvalue weighted by atomic mass is 35.5. The topological polar surface area (TPSA) is 64.6 Å². The van der Waals surface area contributed by atoms with Gasteiger partial charge in [0.05, 0.1) is 6.10 Å². The van der Waals surface area contributed by atoms with E-state index in [1.165, 1.54) is 0 Å². The molecule has 0 aliphatic carbocycles. The maximum atomic E-state index is 11.8. The Kier molecular flexibility index (Phi) is 7.57. The van der Waals surface area contributed by atoms with Crippen LogP contribution in [0, 0.1) is 0 Å². The van der Waals surface area contributed by atoms with Gasteiger partial charge in [0, 0.05) is 37.4 Å². The second-order valence-electron chi connectivity index (χ2n) is 5.81. The fourth-order valence-electron chi connectivity index (χ4n) is 2.38. The monoisotopic (exact) mass is 361 g/mol. The highest BCUT2D eigenvalue weighted by Gasteiger charge is 2.09. The van der Waals surface area contributed by atoms with E-state index in [9.17, 15) is 9.90 Å². The zero-order valence-electron chi connectivity index (χ0n) is 14.3. The summed E-state index contributed by atoms with van der Waals surface area (Å²) in [5.41, 5.74) is 1.87. The summed E-state index contributed by atoms with van der Waals surface area (Å²) >= 11 is 5.81. The van der Waals surface area contributed by atoms with Crippen LogP contribution in [0.1, 0.15) is 18.1 Å². The molecule has 1 atom stereocenters. The van der Waals surface area contributed by atoms with Crippen LogP contribution >= 0.6 is 11.6 Å². The van der Waals surface area contributed by atoms with Crippen LogP contribution in [0.25, 0.3) is 0 Å². The summed E-state index contributed by atoms with van der Waals surface area (Å²) in [6, 6.07) is 16.7. The Bertz CT molecular complexity index is 649. The fraction of sp³-hybridized carbons (Fsp3) is 0.316. The number of benzene rings is 2. The van der Waals surface area contributed by atoms with Gasteiger partial charge in [-0.2, -0.15) is 0 Å². The van der Waals surface area contributed by atoms with Crippen molar-refractivity contribution >= 4 is 23.3 Å². The number of nitrogens with zero attached hydrogens (tertiary/aromatic N) is 1. The molecule has 134 valence electrons. The van der Waals surface area contributed by atoms with Crippen LogP contribution in [0.2, 0.25) is 5.02 Å². The minimum Gasteiger partial charge on any atom is -0.387 e. The van der Waals surface area contributed by atoms with E-state index in [4.69, 9.17) is 11.6 Å². The smallest absolute Gasteiger partial charge is 0.314 e. The molecular weight excluding hydrogens is 338 g/mol. The van der Waals surface area contributed by atoms with Gasteiger partial charge >= 0.3 is 6.03 Å². The molecule has 2 aromatic rings. The number of carbonyl (C=O) groups is 1. The SMILES string of the molecule is CN(CCCNC(=O)NCC(O)c1ccc(Cl)cc1)c1ccccc1. The maximum Gasteiger partial charge on any atom is 0.314 e. The summed E-state index contributed by atoms with van der Waals surface area (Å²) in [5, 5.41) is 16.1. The first-order valence-corrected chi connectivity index (χ1v) is 8.65. The number of aliphatic hydroxyl groups is 1. The third-order valence-electron chi connectivity index (χ3n) is 3.86. The van der Waals surface area contributed by atoms with Crippen molar-refractivity contribution in [3.05, 3.63) is 65.2 Å². The molecule has 0 spiro atoms. The van der Waals surface area contributed by atoms with Crippen molar-refractivity contribution in [1.29, 1.82) is 0 Å². The number of hydrogen-bond acceptors (Lipinski definition) is 3. The maximum absolute atomic E-state index is 11.8. The molecule has 0 saturated carbocycles. The average Bonchev–Trinajstić information content (AvgIpc) is 2.64. The number of hydrogen-bond donors (Lipinski definition) is 3. The van der Waals surface area contributed by atoms with E-state index in [0.29, 0.717) is 17.1 Å². The Morgan fingerprint density at radius 1 is 1.12 bits per heavy atom. The lowest BCUT2D eigenvalue weighted by molar-refractivity contribution is 0.173. The van der Waals surface area contributed by atoms with Crippen LogP contribution in [-0.4, -0.2) is 37.8 Å². The summed E-state index contributed by atoms with van der Waals surface area (Å²) in [7, 11) is 2.03. The summed E-state index contributed by atoms with van der Waals surface area (Å²) in [5.74, 6) is 0. The largest absolute Gasteiger partial charge is 0.387 e. The van der Waals surface area contributed by atoms with Gasteiger partial charge in [0.1, 0.15) is 0 Å². The molecule has 2 amide bonds. The summed E-state index contributed by atoms with van der Waals surface area (Å²) in [6.07, 6.45) is 0.0747. The van der Waals surface area contributed by atoms with E-state index in [-0.39, 0.29) is 12.6 Å². The van der Waals surface area contributed by atoms with E-state index < -0.39 is 6.10 Å². The molecule has 0 saturated heterocycles. The zero-order valence-corrected chi connectivity index (χ0v) is 15.0. The molecule has 2 rings (SSSR count). The van der Waals surface area contributed by atoms with Crippen LogP contribution < -0.4 is 15.5 Å². The number of para-hydroxylation sites is 1. The molecule has 0 bridgehead atoms. The van der Waals surface area contributed by atoms with Crippen molar-refractivity contribution in [2.75, 3.05) is 31.6 Å². The lowest BCUT2D eigenvalue weighted by Gasteiger charge is -2.19. The Morgan fingerprint density at radius 3 is 2.48 bits per heavy atom. The van der Waals surface area contributed by atoms with E-state index in [2.05, 4.69) is 27.7 Å². The van der Waals surface area contributed by atoms with Gasteiger partial charge in [-0.05, 0) is 36.2 Å². The van der Waals surface area contributed by atoms with Crippen LogP contribution in [0.4, 0.5) is 10.5 Å². The van der Waals surface area contributed by atoms with Gasteiger partial charge in [0.2, 0.25) is 0 Å². The molecule has 1 unspecified atom stereocenters. The summed E-state index contributed by atoms with van der Waals surface area (Å²) in [6.45, 7) is 1.56. The first-order chi connectivity index (χ1) is 12.1. The Balaban J connectivity index is 1.61. The molecule has 0 fully saturated rings. The van der Waals surface area contributed by atoms with Crippen LogP contribution in [0.3, 0.4) is 0 Å². The molecule has 0 radical (unpaired) electrons. The Labute approximate surface area is 153 Å². The molecule has 3 N–H and O–H groups in total. The minimum absolute atomic E-state index is 0.150. The fourth-order valence-corrected chi connectivity index (χ4v) is 2.51. The molecule has 0 heterocycles. The molecule has 5 nitrogen and oxygen atoms in total. The third kappa shape index (κ3) is 6.64. The van der Waals surface area contributed by atoms with Crippen molar-refractivity contribution in [3.8, 4) is 0 Å². The highest BCUT2D eigenvalue weighted by Crippen LogP contribution is 2.15. The van der Waals surface area contributed by atoms with Crippen molar-refractivity contribution in [3.63, 3.8) is 0 Å². The predicted molar refractivity (Wildman–Crippen MR) is 102 cm³/mol. The van der Waals surface area contributed by atoms with E-state index in [1.807, 2.05) is 25.2 Å². The summed E-state index contributed by atoms with van der Waals surface area (Å²) < 4.78 is 0. The predicted octanol–water partition coefficient (Wildman–Crippen LogP) is 3.20. The van der Waals surface area contributed by atoms with Gasteiger partial charge in [-0.25, -0.2) is 4.79 Å². The average molecular weight is 362 g/mol. The standard InChI is InChI=1S/C19H24ClN3O2/c1-23(17-6-3-2-4-7-17)13-5-12-21-19(25)22-14-18(24)15-8-10-16(20)11-9-15/h2-4,6-11,18,24H,5,12-14H2,1H3,(H2,21,22,25). The van der Waals surface area contributed by atoms with Gasteiger partial charge in [-0.1, -0.05) is 41.9 Å². The van der Waals surface area contributed by atoms with Crippen LogP contribution in [0.15, 0.2) is 54.6 Å². The molecule has 6 heteroatoms. The van der Waals surface area contributed by atoms with Crippen molar-refractivity contribution < 1.29 is 9.90 Å². The number of amides is 2. The lowest BCUT2D eigenvalue weighted by atomic mass is 10.1.